The van der Waals surface area contributed by atoms with Gasteiger partial charge in [0, 0.05) is 11.3 Å². The van der Waals surface area contributed by atoms with Gasteiger partial charge in [-0.1, -0.05) is 37.3 Å². The van der Waals surface area contributed by atoms with E-state index in [1.54, 1.807) is 0 Å². The summed E-state index contributed by atoms with van der Waals surface area (Å²) < 4.78 is 5.83. The average Bonchev–Trinajstić information content (AvgIpc) is 3.11. The van der Waals surface area contributed by atoms with Crippen LogP contribution in [0.4, 0.5) is 5.69 Å². The van der Waals surface area contributed by atoms with Gasteiger partial charge in [0.1, 0.15) is 12.4 Å². The Kier molecular flexibility index (Phi) is 5.51. The fourth-order valence-electron chi connectivity index (χ4n) is 2.47. The van der Waals surface area contributed by atoms with Gasteiger partial charge in [0.05, 0.1) is 4.88 Å². The zero-order valence-corrected chi connectivity index (χ0v) is 15.2. The second kappa shape index (κ2) is 7.99. The maximum Gasteiger partial charge on any atom is 0.265 e. The number of anilines is 1. The molecule has 0 spiro atoms. The standard InChI is InChI=1S/C21H21NO2S/c1-3-16-8-10-18(11-9-16)22-21(23)20-12-17(14-25-20)13-24-19-7-5-4-6-15(19)2/h4-12,14H,3,13H2,1-2H3,(H,22,23). The smallest absolute Gasteiger partial charge is 0.265 e. The van der Waals surface area contributed by atoms with Gasteiger partial charge in [0.25, 0.3) is 5.91 Å². The third kappa shape index (κ3) is 4.48. The van der Waals surface area contributed by atoms with Crippen LogP contribution in [0.15, 0.2) is 60.0 Å². The Morgan fingerprint density at radius 3 is 2.56 bits per heavy atom. The molecular formula is C21H21NO2S. The maximum atomic E-state index is 12.4. The van der Waals surface area contributed by atoms with Gasteiger partial charge in [-0.15, -0.1) is 11.3 Å². The molecule has 1 N–H and O–H groups in total. The molecule has 1 heterocycles. The molecule has 3 nitrogen and oxygen atoms in total. The van der Waals surface area contributed by atoms with Crippen LogP contribution in [0.2, 0.25) is 0 Å². The molecule has 3 rings (SSSR count). The van der Waals surface area contributed by atoms with Crippen molar-refractivity contribution in [3.8, 4) is 5.75 Å². The topological polar surface area (TPSA) is 38.3 Å². The number of ether oxygens (including phenoxy) is 1. The van der Waals surface area contributed by atoms with Crippen molar-refractivity contribution in [3.63, 3.8) is 0 Å². The number of thiophene rings is 1. The van der Waals surface area contributed by atoms with Gasteiger partial charge >= 0.3 is 0 Å². The fourth-order valence-corrected chi connectivity index (χ4v) is 3.26. The first kappa shape index (κ1) is 17.2. The summed E-state index contributed by atoms with van der Waals surface area (Å²) >= 11 is 1.43. The Labute approximate surface area is 152 Å². The van der Waals surface area contributed by atoms with Crippen LogP contribution in [0.5, 0.6) is 5.75 Å². The number of aryl methyl sites for hydroxylation is 2. The Morgan fingerprint density at radius 1 is 1.08 bits per heavy atom. The van der Waals surface area contributed by atoms with E-state index in [9.17, 15) is 4.79 Å². The first-order valence-corrected chi connectivity index (χ1v) is 9.20. The van der Waals surface area contributed by atoms with E-state index < -0.39 is 0 Å². The largest absolute Gasteiger partial charge is 0.489 e. The molecule has 0 radical (unpaired) electrons. The second-order valence-corrected chi connectivity index (χ2v) is 6.79. The molecule has 128 valence electrons. The van der Waals surface area contributed by atoms with Crippen molar-refractivity contribution < 1.29 is 9.53 Å². The SMILES string of the molecule is CCc1ccc(NC(=O)c2cc(COc3ccccc3C)cs2)cc1. The summed E-state index contributed by atoms with van der Waals surface area (Å²) in [5.41, 5.74) is 4.17. The zero-order valence-electron chi connectivity index (χ0n) is 14.4. The van der Waals surface area contributed by atoms with Crippen molar-refractivity contribution >= 4 is 22.9 Å². The number of hydrogen-bond donors (Lipinski definition) is 1. The van der Waals surface area contributed by atoms with Crippen LogP contribution in [0.1, 0.15) is 33.3 Å². The highest BCUT2D eigenvalue weighted by Gasteiger charge is 2.10. The minimum absolute atomic E-state index is 0.0867. The molecule has 3 aromatic rings. The zero-order chi connectivity index (χ0) is 17.6. The first-order chi connectivity index (χ1) is 12.2. The highest BCUT2D eigenvalue weighted by atomic mass is 32.1. The van der Waals surface area contributed by atoms with Crippen molar-refractivity contribution in [3.05, 3.63) is 81.5 Å². The molecule has 0 aliphatic heterocycles. The number of amides is 1. The lowest BCUT2D eigenvalue weighted by molar-refractivity contribution is 0.103. The normalized spacial score (nSPS) is 10.5. The molecule has 0 aliphatic rings. The molecule has 2 aromatic carbocycles. The van der Waals surface area contributed by atoms with Crippen LogP contribution in [0.25, 0.3) is 0 Å². The lowest BCUT2D eigenvalue weighted by Gasteiger charge is -2.07. The van der Waals surface area contributed by atoms with Crippen molar-refractivity contribution in [2.24, 2.45) is 0 Å². The molecule has 0 unspecified atom stereocenters. The summed E-state index contributed by atoms with van der Waals surface area (Å²) in [4.78, 5) is 13.1. The molecule has 0 fully saturated rings. The third-order valence-electron chi connectivity index (χ3n) is 3.99. The van der Waals surface area contributed by atoms with Gasteiger partial charge in [-0.25, -0.2) is 0 Å². The van der Waals surface area contributed by atoms with Gasteiger partial charge in [0.2, 0.25) is 0 Å². The van der Waals surface area contributed by atoms with Gasteiger partial charge in [-0.2, -0.15) is 0 Å². The van der Waals surface area contributed by atoms with Crippen molar-refractivity contribution in [1.82, 2.24) is 0 Å². The molecule has 0 atom stereocenters. The monoisotopic (exact) mass is 351 g/mol. The fraction of sp³-hybridized carbons (Fsp3) is 0.190. The van der Waals surface area contributed by atoms with E-state index in [2.05, 4.69) is 12.2 Å². The number of nitrogens with one attached hydrogen (secondary N) is 1. The quantitative estimate of drug-likeness (QED) is 0.641. The van der Waals surface area contributed by atoms with E-state index in [1.807, 2.05) is 66.9 Å². The predicted octanol–water partition coefficient (Wildman–Crippen LogP) is 5.45. The van der Waals surface area contributed by atoms with Crippen LogP contribution in [0.3, 0.4) is 0 Å². The number of carbonyl (C=O) groups is 1. The highest BCUT2D eigenvalue weighted by Crippen LogP contribution is 2.21. The Balaban J connectivity index is 1.60. The average molecular weight is 351 g/mol. The summed E-state index contributed by atoms with van der Waals surface area (Å²) in [6.07, 6.45) is 0.989. The van der Waals surface area contributed by atoms with E-state index >= 15 is 0 Å². The summed E-state index contributed by atoms with van der Waals surface area (Å²) in [6, 6.07) is 17.7. The Hall–Kier alpha value is -2.59. The molecule has 0 aliphatic carbocycles. The van der Waals surface area contributed by atoms with Gasteiger partial charge in [0.15, 0.2) is 0 Å². The van der Waals surface area contributed by atoms with E-state index in [-0.39, 0.29) is 5.91 Å². The van der Waals surface area contributed by atoms with Crippen LogP contribution in [-0.2, 0) is 13.0 Å². The van der Waals surface area contributed by atoms with Gasteiger partial charge in [-0.05, 0) is 54.1 Å². The number of rotatable bonds is 6. The third-order valence-corrected chi connectivity index (χ3v) is 4.96. The van der Waals surface area contributed by atoms with Crippen LogP contribution < -0.4 is 10.1 Å². The summed E-state index contributed by atoms with van der Waals surface area (Å²) in [5.74, 6) is 0.784. The highest BCUT2D eigenvalue weighted by molar-refractivity contribution is 7.12. The summed E-state index contributed by atoms with van der Waals surface area (Å²) in [7, 11) is 0. The minimum atomic E-state index is -0.0867. The number of para-hydroxylation sites is 1. The lowest BCUT2D eigenvalue weighted by atomic mass is 10.1. The van der Waals surface area contributed by atoms with Crippen LogP contribution in [0, 0.1) is 6.92 Å². The molecule has 4 heteroatoms. The van der Waals surface area contributed by atoms with E-state index in [0.29, 0.717) is 11.5 Å². The molecular weight excluding hydrogens is 330 g/mol. The van der Waals surface area contributed by atoms with Crippen LogP contribution >= 0.6 is 11.3 Å². The predicted molar refractivity (Wildman–Crippen MR) is 104 cm³/mol. The number of hydrogen-bond acceptors (Lipinski definition) is 3. The summed E-state index contributed by atoms with van der Waals surface area (Å²) in [6.45, 7) is 4.59. The molecule has 0 bridgehead atoms. The maximum absolute atomic E-state index is 12.4. The van der Waals surface area contributed by atoms with Crippen molar-refractivity contribution in [1.29, 1.82) is 0 Å². The second-order valence-electron chi connectivity index (χ2n) is 5.88. The molecule has 0 saturated heterocycles. The Bertz CT molecular complexity index is 852. The number of benzene rings is 2. The molecule has 0 saturated carbocycles. The van der Waals surface area contributed by atoms with Crippen LogP contribution in [-0.4, -0.2) is 5.91 Å². The van der Waals surface area contributed by atoms with E-state index in [4.69, 9.17) is 4.74 Å². The lowest BCUT2D eigenvalue weighted by Crippen LogP contribution is -2.10. The van der Waals surface area contributed by atoms with Crippen molar-refractivity contribution in [2.75, 3.05) is 5.32 Å². The molecule has 25 heavy (non-hydrogen) atoms. The number of carbonyl (C=O) groups excluding carboxylic acids is 1. The van der Waals surface area contributed by atoms with E-state index in [1.165, 1.54) is 16.9 Å². The minimum Gasteiger partial charge on any atom is -0.489 e. The van der Waals surface area contributed by atoms with Crippen molar-refractivity contribution in [2.45, 2.75) is 26.9 Å². The molecule has 1 amide bonds. The summed E-state index contributed by atoms with van der Waals surface area (Å²) in [5, 5.41) is 4.90. The van der Waals surface area contributed by atoms with Gasteiger partial charge in [-0.3, -0.25) is 4.79 Å². The Morgan fingerprint density at radius 2 is 1.84 bits per heavy atom. The first-order valence-electron chi connectivity index (χ1n) is 8.32. The van der Waals surface area contributed by atoms with E-state index in [0.717, 1.165) is 29.0 Å². The van der Waals surface area contributed by atoms with Gasteiger partial charge < -0.3 is 10.1 Å². The molecule has 1 aromatic heterocycles.